The number of nitrogens with zero attached hydrogens (tertiary/aromatic N) is 1. The summed E-state index contributed by atoms with van der Waals surface area (Å²) in [6.07, 6.45) is 6.58. The van der Waals surface area contributed by atoms with Crippen LogP contribution in [0, 0.1) is 12.8 Å². The highest BCUT2D eigenvalue weighted by molar-refractivity contribution is 5.98. The van der Waals surface area contributed by atoms with Crippen molar-refractivity contribution < 1.29 is 9.94 Å². The smallest absolute Gasteiger partial charge is 0.170 e. The second-order valence-corrected chi connectivity index (χ2v) is 5.28. The van der Waals surface area contributed by atoms with Gasteiger partial charge in [0.25, 0.3) is 0 Å². The van der Waals surface area contributed by atoms with Crippen LogP contribution in [-0.2, 0) is 0 Å². The standard InChI is InChI=1S/C15H22N2O2/c1-11-9-13(7-8-14(11)15(16)17-18)19-10-12-5-3-2-4-6-12/h7-9,12,18H,2-6,10H2,1H3,(H2,16,17). The van der Waals surface area contributed by atoms with Gasteiger partial charge in [-0.05, 0) is 49.4 Å². The van der Waals surface area contributed by atoms with Crippen LogP contribution in [0.3, 0.4) is 0 Å². The van der Waals surface area contributed by atoms with E-state index in [0.717, 1.165) is 23.5 Å². The molecule has 2 rings (SSSR count). The molecule has 1 fully saturated rings. The molecule has 4 nitrogen and oxygen atoms in total. The molecule has 0 bridgehead atoms. The summed E-state index contributed by atoms with van der Waals surface area (Å²) in [5.41, 5.74) is 7.29. The van der Waals surface area contributed by atoms with Crippen molar-refractivity contribution in [3.8, 4) is 5.75 Å². The second kappa shape index (κ2) is 6.45. The van der Waals surface area contributed by atoms with Gasteiger partial charge in [0.05, 0.1) is 6.61 Å². The maximum absolute atomic E-state index is 8.69. The Bertz CT molecular complexity index is 451. The van der Waals surface area contributed by atoms with Gasteiger partial charge in [-0.25, -0.2) is 0 Å². The van der Waals surface area contributed by atoms with Gasteiger partial charge in [0.1, 0.15) is 5.75 Å². The number of nitrogens with two attached hydrogens (primary N) is 1. The molecule has 0 atom stereocenters. The molecule has 19 heavy (non-hydrogen) atoms. The fraction of sp³-hybridized carbons (Fsp3) is 0.533. The molecule has 0 unspecified atom stereocenters. The molecular weight excluding hydrogens is 240 g/mol. The molecule has 0 aromatic heterocycles. The number of aryl methyl sites for hydroxylation is 1. The number of hydrogen-bond acceptors (Lipinski definition) is 3. The lowest BCUT2D eigenvalue weighted by Crippen LogP contribution is -2.16. The minimum Gasteiger partial charge on any atom is -0.493 e. The van der Waals surface area contributed by atoms with E-state index in [-0.39, 0.29) is 5.84 Å². The zero-order valence-electron chi connectivity index (χ0n) is 11.4. The summed E-state index contributed by atoms with van der Waals surface area (Å²) in [6.45, 7) is 2.73. The molecule has 0 spiro atoms. The van der Waals surface area contributed by atoms with E-state index in [1.165, 1.54) is 32.1 Å². The van der Waals surface area contributed by atoms with E-state index in [1.54, 1.807) is 0 Å². The first-order valence-electron chi connectivity index (χ1n) is 6.92. The zero-order valence-corrected chi connectivity index (χ0v) is 11.4. The minimum atomic E-state index is 0.135. The van der Waals surface area contributed by atoms with Gasteiger partial charge in [-0.1, -0.05) is 24.4 Å². The Morgan fingerprint density at radius 1 is 1.37 bits per heavy atom. The van der Waals surface area contributed by atoms with Crippen molar-refractivity contribution in [1.82, 2.24) is 0 Å². The molecule has 3 N–H and O–H groups in total. The summed E-state index contributed by atoms with van der Waals surface area (Å²) in [6, 6.07) is 5.65. The van der Waals surface area contributed by atoms with Gasteiger partial charge in [-0.2, -0.15) is 0 Å². The van der Waals surface area contributed by atoms with Crippen molar-refractivity contribution in [2.75, 3.05) is 6.61 Å². The van der Waals surface area contributed by atoms with E-state index in [2.05, 4.69) is 5.16 Å². The highest BCUT2D eigenvalue weighted by atomic mass is 16.5. The van der Waals surface area contributed by atoms with Crippen molar-refractivity contribution in [2.45, 2.75) is 39.0 Å². The van der Waals surface area contributed by atoms with Crippen LogP contribution < -0.4 is 10.5 Å². The normalized spacial score (nSPS) is 17.4. The summed E-state index contributed by atoms with van der Waals surface area (Å²) in [4.78, 5) is 0. The predicted octanol–water partition coefficient (Wildman–Crippen LogP) is 3.05. The lowest BCUT2D eigenvalue weighted by molar-refractivity contribution is 0.209. The summed E-state index contributed by atoms with van der Waals surface area (Å²) in [7, 11) is 0. The molecule has 0 saturated heterocycles. The van der Waals surface area contributed by atoms with Crippen molar-refractivity contribution >= 4 is 5.84 Å². The average Bonchev–Trinajstić information content (AvgIpc) is 2.45. The quantitative estimate of drug-likeness (QED) is 0.379. The Kier molecular flexibility index (Phi) is 4.66. The van der Waals surface area contributed by atoms with Gasteiger partial charge < -0.3 is 15.7 Å². The van der Waals surface area contributed by atoms with Gasteiger partial charge >= 0.3 is 0 Å². The summed E-state index contributed by atoms with van der Waals surface area (Å²) < 4.78 is 5.85. The van der Waals surface area contributed by atoms with Crippen LogP contribution in [0.5, 0.6) is 5.75 Å². The third kappa shape index (κ3) is 3.63. The highest BCUT2D eigenvalue weighted by Gasteiger charge is 2.14. The van der Waals surface area contributed by atoms with E-state index in [0.29, 0.717) is 5.92 Å². The lowest BCUT2D eigenvalue weighted by atomic mass is 9.90. The third-order valence-electron chi connectivity index (χ3n) is 3.79. The van der Waals surface area contributed by atoms with Crippen LogP contribution in [0.25, 0.3) is 0 Å². The first-order valence-corrected chi connectivity index (χ1v) is 6.92. The number of hydrogen-bond donors (Lipinski definition) is 2. The Morgan fingerprint density at radius 3 is 2.74 bits per heavy atom. The predicted molar refractivity (Wildman–Crippen MR) is 75.8 cm³/mol. The Hall–Kier alpha value is -1.71. The molecule has 1 saturated carbocycles. The Labute approximate surface area is 114 Å². The molecule has 0 amide bonds. The fourth-order valence-electron chi connectivity index (χ4n) is 2.64. The fourth-order valence-corrected chi connectivity index (χ4v) is 2.64. The van der Waals surface area contributed by atoms with Crippen LogP contribution in [0.2, 0.25) is 0 Å². The van der Waals surface area contributed by atoms with Gasteiger partial charge in [-0.15, -0.1) is 0 Å². The van der Waals surface area contributed by atoms with Gasteiger partial charge in [0.2, 0.25) is 0 Å². The minimum absolute atomic E-state index is 0.135. The first-order chi connectivity index (χ1) is 9.20. The van der Waals surface area contributed by atoms with Crippen LogP contribution >= 0.6 is 0 Å². The monoisotopic (exact) mass is 262 g/mol. The van der Waals surface area contributed by atoms with Crippen LogP contribution in [-0.4, -0.2) is 17.6 Å². The number of benzene rings is 1. The van der Waals surface area contributed by atoms with E-state index >= 15 is 0 Å². The van der Waals surface area contributed by atoms with E-state index < -0.39 is 0 Å². The molecule has 104 valence electrons. The number of oxime groups is 1. The second-order valence-electron chi connectivity index (χ2n) is 5.28. The molecule has 1 aromatic rings. The molecule has 1 aromatic carbocycles. The third-order valence-corrected chi connectivity index (χ3v) is 3.79. The molecule has 0 aliphatic heterocycles. The van der Waals surface area contributed by atoms with Crippen LogP contribution in [0.1, 0.15) is 43.2 Å². The van der Waals surface area contributed by atoms with E-state index in [1.807, 2.05) is 25.1 Å². The zero-order chi connectivity index (χ0) is 13.7. The van der Waals surface area contributed by atoms with E-state index in [9.17, 15) is 0 Å². The van der Waals surface area contributed by atoms with Crippen LogP contribution in [0.15, 0.2) is 23.4 Å². The lowest BCUT2D eigenvalue weighted by Gasteiger charge is -2.21. The van der Waals surface area contributed by atoms with Gasteiger partial charge in [0.15, 0.2) is 5.84 Å². The molecule has 1 aliphatic carbocycles. The topological polar surface area (TPSA) is 67.8 Å². The SMILES string of the molecule is Cc1cc(OCC2CCCCC2)ccc1/C(N)=N/O. The maximum atomic E-state index is 8.69. The van der Waals surface area contributed by atoms with Gasteiger partial charge in [-0.3, -0.25) is 0 Å². The largest absolute Gasteiger partial charge is 0.493 e. The molecule has 0 heterocycles. The Morgan fingerprint density at radius 2 is 2.11 bits per heavy atom. The molecular formula is C15H22N2O2. The molecule has 1 aliphatic rings. The number of ether oxygens (including phenoxy) is 1. The van der Waals surface area contributed by atoms with Crippen molar-refractivity contribution in [3.05, 3.63) is 29.3 Å². The molecule has 0 radical (unpaired) electrons. The van der Waals surface area contributed by atoms with E-state index in [4.69, 9.17) is 15.7 Å². The van der Waals surface area contributed by atoms with Crippen molar-refractivity contribution in [1.29, 1.82) is 0 Å². The maximum Gasteiger partial charge on any atom is 0.170 e. The number of amidine groups is 1. The average molecular weight is 262 g/mol. The van der Waals surface area contributed by atoms with Gasteiger partial charge in [0, 0.05) is 5.56 Å². The Balaban J connectivity index is 1.96. The van der Waals surface area contributed by atoms with Crippen molar-refractivity contribution in [2.24, 2.45) is 16.8 Å². The first kappa shape index (κ1) is 13.7. The highest BCUT2D eigenvalue weighted by Crippen LogP contribution is 2.25. The van der Waals surface area contributed by atoms with Crippen molar-refractivity contribution in [3.63, 3.8) is 0 Å². The number of rotatable bonds is 4. The van der Waals surface area contributed by atoms with Crippen LogP contribution in [0.4, 0.5) is 0 Å². The molecule has 4 heteroatoms. The summed E-state index contributed by atoms with van der Waals surface area (Å²) in [5, 5.41) is 11.7. The summed E-state index contributed by atoms with van der Waals surface area (Å²) in [5.74, 6) is 1.69. The summed E-state index contributed by atoms with van der Waals surface area (Å²) >= 11 is 0.